The summed E-state index contributed by atoms with van der Waals surface area (Å²) < 4.78 is 7.36. The van der Waals surface area contributed by atoms with Gasteiger partial charge in [-0.15, -0.1) is 0 Å². The number of amides is 1. The van der Waals surface area contributed by atoms with Gasteiger partial charge in [0.1, 0.15) is 10.9 Å². The summed E-state index contributed by atoms with van der Waals surface area (Å²) in [7, 11) is 3.61. The maximum absolute atomic E-state index is 13.6. The lowest BCUT2D eigenvalue weighted by Gasteiger charge is -2.43. The second-order valence-corrected chi connectivity index (χ2v) is 12.9. The van der Waals surface area contributed by atoms with Crippen molar-refractivity contribution in [1.29, 1.82) is 0 Å². The average Bonchev–Trinajstić information content (AvgIpc) is 3.80. The van der Waals surface area contributed by atoms with Crippen LogP contribution in [0.2, 0.25) is 10.2 Å². The van der Waals surface area contributed by atoms with Crippen molar-refractivity contribution in [3.05, 3.63) is 142 Å². The fraction of sp³-hybridized carbons (Fsp3) is 0.243. The predicted octanol–water partition coefficient (Wildman–Crippen LogP) is 7.31. The first-order chi connectivity index (χ1) is 22.4. The lowest BCUT2D eigenvalue weighted by molar-refractivity contribution is -0.128. The summed E-state index contributed by atoms with van der Waals surface area (Å²) in [4.78, 5) is 30.1. The van der Waals surface area contributed by atoms with E-state index >= 15 is 0 Å². The summed E-state index contributed by atoms with van der Waals surface area (Å²) in [6.07, 6.45) is 17.9. The van der Waals surface area contributed by atoms with E-state index in [0.717, 1.165) is 58.7 Å². The number of halogens is 2. The largest absolute Gasteiger partial charge is 0.497 e. The molecule has 3 atom stereocenters. The fourth-order valence-electron chi connectivity index (χ4n) is 6.51. The van der Waals surface area contributed by atoms with Gasteiger partial charge in [-0.2, -0.15) is 0 Å². The van der Waals surface area contributed by atoms with Gasteiger partial charge in [-0.05, 0) is 83.5 Å². The van der Waals surface area contributed by atoms with Gasteiger partial charge in [0.15, 0.2) is 5.54 Å². The highest BCUT2D eigenvalue weighted by atomic mass is 35.5. The molecule has 3 heterocycles. The molecule has 0 N–H and O–H groups in total. The number of carbonyl (C=O) groups is 1. The molecular weight excluding hydrogens is 617 g/mol. The first-order valence-electron chi connectivity index (χ1n) is 15.3. The number of methoxy groups -OCH3 is 1. The smallest absolute Gasteiger partial charge is 0.247 e. The number of imidazole rings is 1. The Hall–Kier alpha value is -4.46. The average molecular weight is 651 g/mol. The third kappa shape index (κ3) is 5.70. The van der Waals surface area contributed by atoms with Gasteiger partial charge in [-0.1, -0.05) is 59.6 Å². The molecule has 1 saturated carbocycles. The zero-order chi connectivity index (χ0) is 31.8. The van der Waals surface area contributed by atoms with Crippen LogP contribution in [0.1, 0.15) is 35.2 Å². The van der Waals surface area contributed by atoms with Gasteiger partial charge >= 0.3 is 0 Å². The second-order valence-electron chi connectivity index (χ2n) is 12.0. The minimum atomic E-state index is -1.05. The first kappa shape index (κ1) is 30.2. The van der Waals surface area contributed by atoms with E-state index in [1.165, 1.54) is 0 Å². The van der Waals surface area contributed by atoms with Crippen LogP contribution in [0.4, 0.5) is 0 Å². The van der Waals surface area contributed by atoms with Gasteiger partial charge in [-0.3, -0.25) is 9.79 Å². The Morgan fingerprint density at radius 3 is 2.59 bits per heavy atom. The molecule has 7 rings (SSSR count). The van der Waals surface area contributed by atoms with Crippen LogP contribution >= 0.6 is 23.2 Å². The molecule has 3 unspecified atom stereocenters. The summed E-state index contributed by atoms with van der Waals surface area (Å²) in [5.74, 6) is 1.21. The number of pyridine rings is 1. The number of hydrogen-bond donors (Lipinski definition) is 0. The minimum Gasteiger partial charge on any atom is -0.497 e. The van der Waals surface area contributed by atoms with Crippen molar-refractivity contribution in [2.75, 3.05) is 13.7 Å². The maximum Gasteiger partial charge on any atom is 0.247 e. The zero-order valence-corrected chi connectivity index (χ0v) is 27.1. The Kier molecular flexibility index (Phi) is 8.13. The van der Waals surface area contributed by atoms with E-state index in [-0.39, 0.29) is 17.9 Å². The molecule has 1 fully saturated rings. The summed E-state index contributed by atoms with van der Waals surface area (Å²) in [6.45, 7) is 0.746. The molecule has 232 valence electrons. The predicted molar refractivity (Wildman–Crippen MR) is 182 cm³/mol. The van der Waals surface area contributed by atoms with Crippen LogP contribution in [0, 0.1) is 11.8 Å². The molecule has 2 aliphatic carbocycles. The Morgan fingerprint density at radius 1 is 1.09 bits per heavy atom. The molecule has 0 radical (unpaired) electrons. The highest BCUT2D eigenvalue weighted by Crippen LogP contribution is 2.47. The molecule has 0 saturated heterocycles. The SMILES string of the molecule is COc1ccc(C=NC(C2=CC3C(c4cccc(Cl)c4)=CC(=O)N(CC4CC4)C3C=C2)(c2ccc(Cl)nc2)c2cncn2C)cc1. The van der Waals surface area contributed by atoms with Crippen LogP contribution in [0.15, 0.2) is 114 Å². The Morgan fingerprint density at radius 2 is 1.91 bits per heavy atom. The second kappa shape index (κ2) is 12.4. The van der Waals surface area contributed by atoms with Crippen molar-refractivity contribution in [1.82, 2.24) is 19.4 Å². The standard InChI is InChI=1S/C37H33Cl2N5O2/c1-43-23-40-21-34(43)37(28-11-15-35(39)41-20-28,42-19-24-8-12-30(46-2)13-9-24)27-10-14-33-32(17-27)31(26-4-3-5-29(38)16-26)18-36(45)44(33)22-25-6-7-25/h3-5,8-21,23,25,32-33H,6-7,22H2,1-2H3. The van der Waals surface area contributed by atoms with Gasteiger partial charge < -0.3 is 14.2 Å². The minimum absolute atomic E-state index is 0.0296. The van der Waals surface area contributed by atoms with Gasteiger partial charge in [0, 0.05) is 48.6 Å². The molecule has 9 heteroatoms. The number of rotatable bonds is 9. The molecule has 2 aromatic carbocycles. The van der Waals surface area contributed by atoms with Crippen molar-refractivity contribution >= 4 is 40.9 Å². The number of benzene rings is 2. The lowest BCUT2D eigenvalue weighted by Crippen LogP contribution is -2.48. The molecular formula is C37H33Cl2N5O2. The van der Waals surface area contributed by atoms with Crippen molar-refractivity contribution in [2.45, 2.75) is 24.4 Å². The van der Waals surface area contributed by atoms with Crippen LogP contribution < -0.4 is 4.74 Å². The molecule has 0 spiro atoms. The molecule has 3 aliphatic rings. The molecule has 2 aromatic heterocycles. The Balaban J connectivity index is 1.43. The van der Waals surface area contributed by atoms with E-state index in [2.05, 4.69) is 28.2 Å². The van der Waals surface area contributed by atoms with E-state index in [1.807, 2.05) is 83.5 Å². The van der Waals surface area contributed by atoms with E-state index in [4.69, 9.17) is 32.9 Å². The number of fused-ring (bicyclic) bond motifs is 1. The van der Waals surface area contributed by atoms with Crippen LogP contribution in [-0.4, -0.2) is 51.3 Å². The highest BCUT2D eigenvalue weighted by molar-refractivity contribution is 6.30. The van der Waals surface area contributed by atoms with Crippen molar-refractivity contribution in [3.63, 3.8) is 0 Å². The molecule has 7 nitrogen and oxygen atoms in total. The molecule has 0 bridgehead atoms. The summed E-state index contributed by atoms with van der Waals surface area (Å²) in [6, 6.07) is 19.1. The molecule has 1 amide bonds. The summed E-state index contributed by atoms with van der Waals surface area (Å²) in [5.41, 5.74) is 4.32. The van der Waals surface area contributed by atoms with Crippen LogP contribution in [0.25, 0.3) is 5.57 Å². The van der Waals surface area contributed by atoms with Crippen molar-refractivity contribution < 1.29 is 9.53 Å². The third-order valence-electron chi connectivity index (χ3n) is 9.06. The molecule has 46 heavy (non-hydrogen) atoms. The monoisotopic (exact) mass is 649 g/mol. The van der Waals surface area contributed by atoms with E-state index < -0.39 is 5.54 Å². The van der Waals surface area contributed by atoms with Gasteiger partial charge in [0.05, 0.1) is 31.4 Å². The molecule has 4 aromatic rings. The number of aliphatic imine (C=N–C) groups is 1. The lowest BCUT2D eigenvalue weighted by atomic mass is 9.72. The third-order valence-corrected chi connectivity index (χ3v) is 9.52. The van der Waals surface area contributed by atoms with Crippen LogP contribution in [-0.2, 0) is 17.4 Å². The number of hydrogen-bond acceptors (Lipinski definition) is 5. The number of aromatic nitrogens is 3. The first-order valence-corrected chi connectivity index (χ1v) is 16.1. The fourth-order valence-corrected chi connectivity index (χ4v) is 6.81. The number of nitrogens with zero attached hydrogens (tertiary/aromatic N) is 5. The van der Waals surface area contributed by atoms with Crippen LogP contribution in [0.3, 0.4) is 0 Å². The van der Waals surface area contributed by atoms with Crippen molar-refractivity contribution in [2.24, 2.45) is 23.9 Å². The van der Waals surface area contributed by atoms with Gasteiger partial charge in [-0.25, -0.2) is 9.97 Å². The summed E-state index contributed by atoms with van der Waals surface area (Å²) in [5, 5.41) is 1.02. The number of aryl methyl sites for hydroxylation is 1. The summed E-state index contributed by atoms with van der Waals surface area (Å²) >= 11 is 12.8. The van der Waals surface area contributed by atoms with Gasteiger partial charge in [0.2, 0.25) is 5.91 Å². The normalized spacial score (nSPS) is 20.7. The van der Waals surface area contributed by atoms with E-state index in [1.54, 1.807) is 31.8 Å². The van der Waals surface area contributed by atoms with Crippen molar-refractivity contribution in [3.8, 4) is 5.75 Å². The van der Waals surface area contributed by atoms with E-state index in [0.29, 0.717) is 16.1 Å². The number of ether oxygens (including phenoxy) is 1. The van der Waals surface area contributed by atoms with Gasteiger partial charge in [0.25, 0.3) is 0 Å². The van der Waals surface area contributed by atoms with E-state index in [9.17, 15) is 4.79 Å². The highest BCUT2D eigenvalue weighted by Gasteiger charge is 2.45. The molecule has 1 aliphatic heterocycles. The van der Waals surface area contributed by atoms with Crippen LogP contribution in [0.5, 0.6) is 5.75 Å². The Bertz CT molecular complexity index is 1890. The number of carbonyl (C=O) groups excluding carboxylic acids is 1. The quantitative estimate of drug-likeness (QED) is 0.141. The topological polar surface area (TPSA) is 72.6 Å². The maximum atomic E-state index is 13.6. The Labute approximate surface area is 278 Å². The zero-order valence-electron chi connectivity index (χ0n) is 25.6.